The minimum absolute atomic E-state index is 0.349. The number of nitrogens with zero attached hydrogens (tertiary/aromatic N) is 4. The van der Waals surface area contributed by atoms with Crippen molar-refractivity contribution in [3.05, 3.63) is 53.9 Å². The Balaban J connectivity index is 1.55. The van der Waals surface area contributed by atoms with E-state index in [0.29, 0.717) is 11.5 Å². The van der Waals surface area contributed by atoms with E-state index in [0.717, 1.165) is 13.1 Å². The Labute approximate surface area is 138 Å². The summed E-state index contributed by atoms with van der Waals surface area (Å²) in [7, 11) is 4.29. The van der Waals surface area contributed by atoms with Crippen LogP contribution in [0.3, 0.4) is 0 Å². The van der Waals surface area contributed by atoms with Gasteiger partial charge in [-0.05, 0) is 38.5 Å². The molecule has 3 heterocycles. The smallest absolute Gasteiger partial charge is 0.0534 e. The van der Waals surface area contributed by atoms with Crippen LogP contribution in [0.2, 0.25) is 0 Å². The first-order valence-corrected chi connectivity index (χ1v) is 8.63. The quantitative estimate of drug-likeness (QED) is 0.869. The average Bonchev–Trinajstić information content (AvgIpc) is 3.13. The number of piperidine rings is 1. The monoisotopic (exact) mass is 310 g/mol. The lowest BCUT2D eigenvalue weighted by Crippen LogP contribution is -2.54. The SMILES string of the molecule is CN1CC[C@]2(c3ccccc3)CCN(Cc3cnn(C)c3)C[C@@H]12. The van der Waals surface area contributed by atoms with Gasteiger partial charge in [-0.2, -0.15) is 5.10 Å². The molecule has 4 rings (SSSR count). The minimum atomic E-state index is 0.349. The number of likely N-dealkylation sites (tertiary alicyclic amines) is 2. The zero-order chi connectivity index (χ0) is 15.9. The minimum Gasteiger partial charge on any atom is -0.301 e. The van der Waals surface area contributed by atoms with Crippen LogP contribution in [0.15, 0.2) is 42.7 Å². The van der Waals surface area contributed by atoms with Crippen LogP contribution in [0.1, 0.15) is 24.0 Å². The van der Waals surface area contributed by atoms with Crippen LogP contribution >= 0.6 is 0 Å². The molecule has 1 aromatic heterocycles. The molecule has 2 aromatic rings. The summed E-state index contributed by atoms with van der Waals surface area (Å²) in [6.45, 7) is 4.55. The molecular formula is C19H26N4. The lowest BCUT2D eigenvalue weighted by atomic mass is 9.69. The van der Waals surface area contributed by atoms with Gasteiger partial charge >= 0.3 is 0 Å². The maximum atomic E-state index is 4.30. The summed E-state index contributed by atoms with van der Waals surface area (Å²) in [4.78, 5) is 5.17. The Morgan fingerprint density at radius 2 is 1.91 bits per heavy atom. The van der Waals surface area contributed by atoms with Gasteiger partial charge in [0.05, 0.1) is 6.20 Å². The summed E-state index contributed by atoms with van der Waals surface area (Å²) in [6.07, 6.45) is 6.68. The number of likely N-dealkylation sites (N-methyl/N-ethyl adjacent to an activating group) is 1. The van der Waals surface area contributed by atoms with Crippen molar-refractivity contribution >= 4 is 0 Å². The number of aryl methyl sites for hydroxylation is 1. The molecule has 122 valence electrons. The van der Waals surface area contributed by atoms with Crippen molar-refractivity contribution in [3.8, 4) is 0 Å². The van der Waals surface area contributed by atoms with Crippen LogP contribution in [0, 0.1) is 0 Å². The van der Waals surface area contributed by atoms with E-state index in [-0.39, 0.29) is 0 Å². The Kier molecular flexibility index (Phi) is 3.74. The fourth-order valence-electron chi connectivity index (χ4n) is 4.63. The van der Waals surface area contributed by atoms with Crippen LogP contribution < -0.4 is 0 Å². The van der Waals surface area contributed by atoms with E-state index in [1.807, 2.05) is 17.9 Å². The molecule has 2 fully saturated rings. The normalized spacial score (nSPS) is 28.9. The summed E-state index contributed by atoms with van der Waals surface area (Å²) in [5, 5.41) is 4.30. The Hall–Kier alpha value is -1.65. The van der Waals surface area contributed by atoms with E-state index < -0.39 is 0 Å². The summed E-state index contributed by atoms with van der Waals surface area (Å²) in [5.74, 6) is 0. The van der Waals surface area contributed by atoms with E-state index in [9.17, 15) is 0 Å². The van der Waals surface area contributed by atoms with E-state index in [1.165, 1.54) is 37.1 Å². The van der Waals surface area contributed by atoms with Gasteiger partial charge in [0.15, 0.2) is 0 Å². The van der Waals surface area contributed by atoms with Gasteiger partial charge in [0.25, 0.3) is 0 Å². The van der Waals surface area contributed by atoms with Crippen molar-refractivity contribution < 1.29 is 0 Å². The molecule has 0 aliphatic carbocycles. The summed E-state index contributed by atoms with van der Waals surface area (Å²) in [6, 6.07) is 11.8. The molecule has 2 atom stereocenters. The second-order valence-electron chi connectivity index (χ2n) is 7.28. The molecule has 1 aromatic carbocycles. The van der Waals surface area contributed by atoms with Gasteiger partial charge in [0.2, 0.25) is 0 Å². The van der Waals surface area contributed by atoms with Gasteiger partial charge in [0.1, 0.15) is 0 Å². The summed E-state index contributed by atoms with van der Waals surface area (Å²) < 4.78 is 1.90. The predicted molar refractivity (Wildman–Crippen MR) is 92.3 cm³/mol. The van der Waals surface area contributed by atoms with Crippen molar-refractivity contribution in [1.82, 2.24) is 19.6 Å². The largest absolute Gasteiger partial charge is 0.301 e. The molecule has 4 heteroatoms. The van der Waals surface area contributed by atoms with Gasteiger partial charge in [-0.25, -0.2) is 0 Å². The number of aromatic nitrogens is 2. The standard InChI is InChI=1S/C19H26N4/c1-21-10-8-19(17-6-4-3-5-7-17)9-11-23(15-18(19)21)14-16-12-20-22(2)13-16/h3-7,12-13,18H,8-11,14-15H2,1-2H3/t18-,19-/m1/s1. The fourth-order valence-corrected chi connectivity index (χ4v) is 4.63. The molecule has 0 spiro atoms. The van der Waals surface area contributed by atoms with Crippen LogP contribution in [0.4, 0.5) is 0 Å². The topological polar surface area (TPSA) is 24.3 Å². The summed E-state index contributed by atoms with van der Waals surface area (Å²) in [5.41, 5.74) is 3.21. The molecular weight excluding hydrogens is 284 g/mol. The zero-order valence-corrected chi connectivity index (χ0v) is 14.2. The molecule has 0 bridgehead atoms. The van der Waals surface area contributed by atoms with E-state index in [1.54, 1.807) is 0 Å². The van der Waals surface area contributed by atoms with Crippen molar-refractivity contribution in [2.45, 2.75) is 30.8 Å². The first-order valence-electron chi connectivity index (χ1n) is 8.63. The van der Waals surface area contributed by atoms with Crippen molar-refractivity contribution in [2.24, 2.45) is 7.05 Å². The van der Waals surface area contributed by atoms with Crippen molar-refractivity contribution in [3.63, 3.8) is 0 Å². The highest BCUT2D eigenvalue weighted by atomic mass is 15.3. The molecule has 23 heavy (non-hydrogen) atoms. The molecule has 2 aliphatic rings. The highest BCUT2D eigenvalue weighted by Crippen LogP contribution is 2.45. The van der Waals surface area contributed by atoms with E-state index >= 15 is 0 Å². The summed E-state index contributed by atoms with van der Waals surface area (Å²) >= 11 is 0. The predicted octanol–water partition coefficient (Wildman–Crippen LogP) is 2.27. The van der Waals surface area contributed by atoms with Crippen molar-refractivity contribution in [2.75, 3.05) is 26.7 Å². The zero-order valence-electron chi connectivity index (χ0n) is 14.2. The maximum absolute atomic E-state index is 4.30. The highest BCUT2D eigenvalue weighted by Gasteiger charge is 2.49. The van der Waals surface area contributed by atoms with E-state index in [2.05, 4.69) is 58.5 Å². The van der Waals surface area contributed by atoms with E-state index in [4.69, 9.17) is 0 Å². The average molecular weight is 310 g/mol. The first kappa shape index (κ1) is 14.9. The van der Waals surface area contributed by atoms with Crippen LogP contribution in [0.25, 0.3) is 0 Å². The lowest BCUT2D eigenvalue weighted by molar-refractivity contribution is 0.0917. The molecule has 0 unspecified atom stereocenters. The second-order valence-corrected chi connectivity index (χ2v) is 7.28. The van der Waals surface area contributed by atoms with Gasteiger partial charge in [-0.1, -0.05) is 30.3 Å². The molecule has 4 nitrogen and oxygen atoms in total. The van der Waals surface area contributed by atoms with Crippen LogP contribution in [-0.2, 0) is 19.0 Å². The third-order valence-electron chi connectivity index (χ3n) is 5.90. The number of fused-ring (bicyclic) bond motifs is 1. The highest BCUT2D eigenvalue weighted by molar-refractivity contribution is 5.31. The first-order chi connectivity index (χ1) is 11.2. The Morgan fingerprint density at radius 3 is 2.65 bits per heavy atom. The molecule has 0 saturated carbocycles. The maximum Gasteiger partial charge on any atom is 0.0534 e. The van der Waals surface area contributed by atoms with Crippen LogP contribution in [0.5, 0.6) is 0 Å². The Morgan fingerprint density at radius 1 is 1.13 bits per heavy atom. The van der Waals surface area contributed by atoms with Gasteiger partial charge in [-0.3, -0.25) is 9.58 Å². The van der Waals surface area contributed by atoms with Crippen LogP contribution in [-0.4, -0.2) is 52.3 Å². The number of benzene rings is 1. The molecule has 2 saturated heterocycles. The van der Waals surface area contributed by atoms with Gasteiger partial charge in [-0.15, -0.1) is 0 Å². The number of hydrogen-bond acceptors (Lipinski definition) is 3. The second kappa shape index (κ2) is 5.77. The number of rotatable bonds is 3. The number of hydrogen-bond donors (Lipinski definition) is 0. The molecule has 0 radical (unpaired) electrons. The molecule has 0 amide bonds. The third kappa shape index (κ3) is 2.60. The third-order valence-corrected chi connectivity index (χ3v) is 5.90. The molecule has 0 N–H and O–H groups in total. The van der Waals surface area contributed by atoms with Gasteiger partial charge in [0, 0.05) is 43.4 Å². The van der Waals surface area contributed by atoms with Crippen molar-refractivity contribution in [1.29, 1.82) is 0 Å². The Bertz CT molecular complexity index is 665. The lowest BCUT2D eigenvalue weighted by Gasteiger charge is -2.46. The van der Waals surface area contributed by atoms with Gasteiger partial charge < -0.3 is 4.90 Å². The fraction of sp³-hybridized carbons (Fsp3) is 0.526. The molecule has 2 aliphatic heterocycles.